The molecular formula is C15H19N7O. The predicted molar refractivity (Wildman–Crippen MR) is 88.2 cm³/mol. The lowest BCUT2D eigenvalue weighted by molar-refractivity contribution is 0.271. The second kappa shape index (κ2) is 7.50. The summed E-state index contributed by atoms with van der Waals surface area (Å²) in [4.78, 5) is 12.7. The molecule has 3 N–H and O–H groups in total. The summed E-state index contributed by atoms with van der Waals surface area (Å²) in [7, 11) is 0. The van der Waals surface area contributed by atoms with Crippen LogP contribution in [0.4, 0.5) is 11.6 Å². The van der Waals surface area contributed by atoms with Crippen molar-refractivity contribution in [3.05, 3.63) is 36.9 Å². The molecule has 8 nitrogen and oxygen atoms in total. The molecule has 120 valence electrons. The van der Waals surface area contributed by atoms with Gasteiger partial charge in [0.2, 0.25) is 0 Å². The average molecular weight is 313 g/mol. The van der Waals surface area contributed by atoms with E-state index in [1.807, 2.05) is 18.2 Å². The van der Waals surface area contributed by atoms with Crippen LogP contribution in [0, 0.1) is 0 Å². The van der Waals surface area contributed by atoms with Gasteiger partial charge in [-0.2, -0.15) is 5.10 Å². The van der Waals surface area contributed by atoms with Crippen LogP contribution in [0.15, 0.2) is 36.9 Å². The molecule has 0 aliphatic heterocycles. The summed E-state index contributed by atoms with van der Waals surface area (Å²) in [6.07, 6.45) is 5.92. The number of aliphatic hydroxyl groups is 1. The van der Waals surface area contributed by atoms with Gasteiger partial charge >= 0.3 is 0 Å². The zero-order valence-corrected chi connectivity index (χ0v) is 12.7. The highest BCUT2D eigenvalue weighted by Crippen LogP contribution is 2.18. The number of anilines is 2. The molecule has 3 aromatic heterocycles. The standard InChI is InChI=1S/C15H19N7O/c23-9-8-22-15-12(10-21-22)14(19-11-20-15)18-7-3-6-17-13-4-1-2-5-16-13/h1-2,4-5,10-11,23H,3,6-9H2,(H,16,17)(H,18,19,20). The second-order valence-corrected chi connectivity index (χ2v) is 4.97. The molecule has 0 radical (unpaired) electrons. The number of nitrogens with zero attached hydrogens (tertiary/aromatic N) is 5. The number of hydrogen-bond acceptors (Lipinski definition) is 7. The Bertz CT molecular complexity index is 744. The first kappa shape index (κ1) is 15.2. The van der Waals surface area contributed by atoms with Gasteiger partial charge in [0.25, 0.3) is 0 Å². The van der Waals surface area contributed by atoms with Gasteiger partial charge < -0.3 is 15.7 Å². The maximum Gasteiger partial charge on any atom is 0.163 e. The molecule has 8 heteroatoms. The first-order chi connectivity index (χ1) is 11.4. The van der Waals surface area contributed by atoms with Crippen LogP contribution >= 0.6 is 0 Å². The highest BCUT2D eigenvalue weighted by Gasteiger charge is 2.08. The van der Waals surface area contributed by atoms with Crippen molar-refractivity contribution in [3.63, 3.8) is 0 Å². The molecule has 0 saturated carbocycles. The Balaban J connectivity index is 1.53. The number of aliphatic hydroxyl groups excluding tert-OH is 1. The lowest BCUT2D eigenvalue weighted by atomic mass is 10.3. The quantitative estimate of drug-likeness (QED) is 0.536. The summed E-state index contributed by atoms with van der Waals surface area (Å²) in [6.45, 7) is 2.05. The third-order valence-corrected chi connectivity index (χ3v) is 3.36. The van der Waals surface area contributed by atoms with Gasteiger partial charge in [-0.1, -0.05) is 6.07 Å². The number of rotatable bonds is 8. The Labute approximate surface area is 133 Å². The molecular weight excluding hydrogens is 294 g/mol. The third kappa shape index (κ3) is 3.72. The summed E-state index contributed by atoms with van der Waals surface area (Å²) in [5, 5.41) is 20.7. The van der Waals surface area contributed by atoms with E-state index in [-0.39, 0.29) is 6.61 Å². The van der Waals surface area contributed by atoms with E-state index in [1.54, 1.807) is 17.1 Å². The first-order valence-corrected chi connectivity index (χ1v) is 7.54. The van der Waals surface area contributed by atoms with Crippen LogP contribution in [0.1, 0.15) is 6.42 Å². The van der Waals surface area contributed by atoms with Gasteiger partial charge in [0, 0.05) is 19.3 Å². The maximum absolute atomic E-state index is 9.03. The molecule has 0 atom stereocenters. The van der Waals surface area contributed by atoms with Gasteiger partial charge in [-0.15, -0.1) is 0 Å². The number of fused-ring (bicyclic) bond motifs is 1. The zero-order valence-electron chi connectivity index (χ0n) is 12.7. The summed E-state index contributed by atoms with van der Waals surface area (Å²) < 4.78 is 1.67. The predicted octanol–water partition coefficient (Wildman–Crippen LogP) is 1.13. The molecule has 0 bridgehead atoms. The van der Waals surface area contributed by atoms with E-state index < -0.39 is 0 Å². The second-order valence-electron chi connectivity index (χ2n) is 4.97. The monoisotopic (exact) mass is 313 g/mol. The largest absolute Gasteiger partial charge is 0.394 e. The molecule has 0 saturated heterocycles. The average Bonchev–Trinajstić information content (AvgIpc) is 3.00. The van der Waals surface area contributed by atoms with Crippen LogP contribution < -0.4 is 10.6 Å². The van der Waals surface area contributed by atoms with Crippen LogP contribution in [0.5, 0.6) is 0 Å². The molecule has 0 aliphatic carbocycles. The van der Waals surface area contributed by atoms with Crippen LogP contribution in [0.2, 0.25) is 0 Å². The highest BCUT2D eigenvalue weighted by atomic mass is 16.3. The molecule has 0 aliphatic rings. The molecule has 0 unspecified atom stereocenters. The zero-order chi connectivity index (χ0) is 15.9. The lowest BCUT2D eigenvalue weighted by Gasteiger charge is -2.08. The minimum absolute atomic E-state index is 0.0305. The smallest absolute Gasteiger partial charge is 0.163 e. The molecule has 0 aromatic carbocycles. The Morgan fingerprint density at radius 1 is 1.09 bits per heavy atom. The van der Waals surface area contributed by atoms with E-state index in [2.05, 4.69) is 30.7 Å². The molecule has 0 spiro atoms. The third-order valence-electron chi connectivity index (χ3n) is 3.36. The minimum atomic E-state index is 0.0305. The van der Waals surface area contributed by atoms with Crippen LogP contribution in [0.3, 0.4) is 0 Å². The summed E-state index contributed by atoms with van der Waals surface area (Å²) in [5.41, 5.74) is 0.725. The topological polar surface area (TPSA) is 101 Å². The van der Waals surface area contributed by atoms with Crippen molar-refractivity contribution in [2.24, 2.45) is 0 Å². The van der Waals surface area contributed by atoms with E-state index in [0.29, 0.717) is 6.54 Å². The minimum Gasteiger partial charge on any atom is -0.394 e. The van der Waals surface area contributed by atoms with Gasteiger partial charge in [-0.3, -0.25) is 0 Å². The van der Waals surface area contributed by atoms with E-state index in [9.17, 15) is 0 Å². The Kier molecular flexibility index (Phi) is 4.95. The van der Waals surface area contributed by atoms with Gasteiger partial charge in [-0.25, -0.2) is 19.6 Å². The highest BCUT2D eigenvalue weighted by molar-refractivity contribution is 5.85. The Morgan fingerprint density at radius 3 is 2.83 bits per heavy atom. The van der Waals surface area contributed by atoms with E-state index in [1.165, 1.54) is 6.33 Å². The number of hydrogen-bond donors (Lipinski definition) is 3. The van der Waals surface area contributed by atoms with Crippen molar-refractivity contribution in [3.8, 4) is 0 Å². The summed E-state index contributed by atoms with van der Waals surface area (Å²) in [5.74, 6) is 1.64. The van der Waals surface area contributed by atoms with Crippen molar-refractivity contribution in [2.75, 3.05) is 30.3 Å². The van der Waals surface area contributed by atoms with E-state index in [4.69, 9.17) is 5.11 Å². The van der Waals surface area contributed by atoms with Crippen molar-refractivity contribution in [1.82, 2.24) is 24.7 Å². The van der Waals surface area contributed by atoms with E-state index in [0.717, 1.165) is 42.2 Å². The van der Waals surface area contributed by atoms with Crippen molar-refractivity contribution in [2.45, 2.75) is 13.0 Å². The molecule has 0 fully saturated rings. The fourth-order valence-corrected chi connectivity index (χ4v) is 2.27. The lowest BCUT2D eigenvalue weighted by Crippen LogP contribution is -2.11. The Morgan fingerprint density at radius 2 is 2.00 bits per heavy atom. The molecule has 3 heterocycles. The van der Waals surface area contributed by atoms with Crippen LogP contribution in [0.25, 0.3) is 11.0 Å². The summed E-state index contributed by atoms with van der Waals surface area (Å²) in [6, 6.07) is 5.79. The van der Waals surface area contributed by atoms with Gasteiger partial charge in [0.15, 0.2) is 5.65 Å². The summed E-state index contributed by atoms with van der Waals surface area (Å²) >= 11 is 0. The Hall–Kier alpha value is -2.74. The van der Waals surface area contributed by atoms with Gasteiger partial charge in [0.1, 0.15) is 18.0 Å². The number of aromatic nitrogens is 5. The van der Waals surface area contributed by atoms with Crippen LogP contribution in [-0.2, 0) is 6.54 Å². The van der Waals surface area contributed by atoms with Crippen molar-refractivity contribution >= 4 is 22.7 Å². The molecule has 3 aromatic rings. The fourth-order valence-electron chi connectivity index (χ4n) is 2.27. The van der Waals surface area contributed by atoms with Crippen molar-refractivity contribution < 1.29 is 5.11 Å². The molecule has 0 amide bonds. The number of nitrogens with one attached hydrogen (secondary N) is 2. The van der Waals surface area contributed by atoms with E-state index >= 15 is 0 Å². The fraction of sp³-hybridized carbons (Fsp3) is 0.333. The normalized spacial score (nSPS) is 10.8. The number of pyridine rings is 1. The SMILES string of the molecule is OCCn1ncc2c(NCCCNc3ccccn3)ncnc21. The van der Waals surface area contributed by atoms with Crippen LogP contribution in [-0.4, -0.2) is 49.5 Å². The maximum atomic E-state index is 9.03. The van der Waals surface area contributed by atoms with Crippen molar-refractivity contribution in [1.29, 1.82) is 0 Å². The van der Waals surface area contributed by atoms with Gasteiger partial charge in [0.05, 0.1) is 24.7 Å². The first-order valence-electron chi connectivity index (χ1n) is 7.54. The van der Waals surface area contributed by atoms with Gasteiger partial charge in [-0.05, 0) is 18.6 Å². The molecule has 3 rings (SSSR count). The molecule has 23 heavy (non-hydrogen) atoms.